The van der Waals surface area contributed by atoms with Gasteiger partial charge in [-0.1, -0.05) is 0 Å². The zero-order valence-electron chi connectivity index (χ0n) is 13.2. The lowest BCUT2D eigenvalue weighted by molar-refractivity contribution is 0.399. The highest BCUT2D eigenvalue weighted by Crippen LogP contribution is 2.41. The molecule has 124 valence electrons. The average Bonchev–Trinajstić information content (AvgIpc) is 3.31. The van der Waals surface area contributed by atoms with E-state index in [1.165, 1.54) is 17.7 Å². The number of H-pyrrole nitrogens is 1. The van der Waals surface area contributed by atoms with Crippen LogP contribution in [0.1, 0.15) is 0 Å². The molecule has 0 saturated carbocycles. The van der Waals surface area contributed by atoms with E-state index < -0.39 is 0 Å². The summed E-state index contributed by atoms with van der Waals surface area (Å²) in [4.78, 5) is 16.9. The van der Waals surface area contributed by atoms with E-state index in [-0.39, 0.29) is 0 Å². The van der Waals surface area contributed by atoms with E-state index in [4.69, 9.17) is 15.5 Å². The van der Waals surface area contributed by atoms with Gasteiger partial charge in [0.15, 0.2) is 5.82 Å². The number of ether oxygens (including phenoxy) is 1. The van der Waals surface area contributed by atoms with E-state index >= 15 is 0 Å². The smallest absolute Gasteiger partial charge is 0.222 e. The zero-order chi connectivity index (χ0) is 17.2. The molecule has 25 heavy (non-hydrogen) atoms. The Kier molecular flexibility index (Phi) is 3.82. The van der Waals surface area contributed by atoms with Crippen molar-refractivity contribution in [1.29, 1.82) is 0 Å². The molecule has 0 bridgehead atoms. The molecule has 4 aromatic heterocycles. The summed E-state index contributed by atoms with van der Waals surface area (Å²) in [6, 6.07) is 7.40. The normalized spacial score (nSPS) is 10.8. The second-order valence-electron chi connectivity index (χ2n) is 5.06. The molecule has 0 aliphatic carbocycles. The van der Waals surface area contributed by atoms with Gasteiger partial charge in [-0.25, -0.2) is 15.0 Å². The van der Waals surface area contributed by atoms with Gasteiger partial charge in [-0.15, -0.1) is 21.5 Å². The maximum absolute atomic E-state index is 5.80. The van der Waals surface area contributed by atoms with Crippen LogP contribution in [0.3, 0.4) is 0 Å². The molecule has 9 heteroatoms. The Labute approximate surface area is 146 Å². The van der Waals surface area contributed by atoms with Crippen molar-refractivity contribution in [2.75, 3.05) is 12.8 Å². The first-order valence-corrected chi connectivity index (χ1v) is 8.16. The van der Waals surface area contributed by atoms with Gasteiger partial charge in [0, 0.05) is 18.0 Å². The summed E-state index contributed by atoms with van der Waals surface area (Å²) in [5, 5.41) is 8.78. The number of pyridine rings is 2. The highest BCUT2D eigenvalue weighted by Gasteiger charge is 2.21. The van der Waals surface area contributed by atoms with E-state index in [9.17, 15) is 0 Å². The first-order chi connectivity index (χ1) is 12.3. The molecule has 0 saturated heterocycles. The first-order valence-electron chi connectivity index (χ1n) is 7.35. The number of methoxy groups -OCH3 is 1. The number of nitrogens with one attached hydrogen (secondary N) is 1. The predicted octanol–water partition coefficient (Wildman–Crippen LogP) is 2.64. The summed E-state index contributed by atoms with van der Waals surface area (Å²) < 4.78 is 5.38. The fraction of sp³-hybridized carbons (Fsp3) is 0.0625. The minimum absolute atomic E-state index is 0.439. The van der Waals surface area contributed by atoms with E-state index in [1.54, 1.807) is 25.6 Å². The van der Waals surface area contributed by atoms with Crippen molar-refractivity contribution in [1.82, 2.24) is 30.1 Å². The maximum Gasteiger partial charge on any atom is 0.222 e. The largest absolute Gasteiger partial charge is 0.481 e. The number of nitrogen functional groups attached to an aromatic ring is 1. The van der Waals surface area contributed by atoms with Gasteiger partial charge in [-0.3, -0.25) is 0 Å². The molecule has 4 rings (SSSR count). The molecular formula is C16H13N7OS. The third kappa shape index (κ3) is 2.81. The molecule has 0 spiro atoms. The highest BCUT2D eigenvalue weighted by atomic mass is 32.1. The minimum atomic E-state index is 0.439. The zero-order valence-corrected chi connectivity index (χ0v) is 14.0. The van der Waals surface area contributed by atoms with Crippen LogP contribution in [-0.2, 0) is 0 Å². The molecule has 0 aliphatic heterocycles. The van der Waals surface area contributed by atoms with E-state index in [1.807, 2.05) is 18.2 Å². The molecule has 4 heterocycles. The molecular weight excluding hydrogens is 338 g/mol. The van der Waals surface area contributed by atoms with Gasteiger partial charge < -0.3 is 15.5 Å². The van der Waals surface area contributed by atoms with Crippen LogP contribution in [0.5, 0.6) is 5.88 Å². The Morgan fingerprint density at radius 1 is 1.20 bits per heavy atom. The summed E-state index contributed by atoms with van der Waals surface area (Å²) in [5.41, 5.74) is 8.18. The third-order valence-corrected chi connectivity index (χ3v) is 4.62. The Hall–Kier alpha value is -3.33. The number of nitrogens with two attached hydrogens (primary N) is 1. The summed E-state index contributed by atoms with van der Waals surface area (Å²) in [7, 11) is 1.58. The second kappa shape index (κ2) is 6.29. The Morgan fingerprint density at radius 3 is 2.88 bits per heavy atom. The molecule has 3 N–H and O–H groups in total. The average molecular weight is 351 g/mol. The van der Waals surface area contributed by atoms with Crippen molar-refractivity contribution in [3.05, 3.63) is 43.0 Å². The standard InChI is InChI=1S/C16H13N7OS/c1-24-15-10(3-2-5-19-15)12-13(14-20-8-21-23-14)25-16(22-12)9-4-6-18-11(17)7-9/h2-8H,1H3,(H2,17,18)(H,20,21,23). The number of anilines is 1. The molecule has 8 nitrogen and oxygen atoms in total. The number of rotatable bonds is 4. The lowest BCUT2D eigenvalue weighted by atomic mass is 10.1. The minimum Gasteiger partial charge on any atom is -0.481 e. The molecule has 0 fully saturated rings. The van der Waals surface area contributed by atoms with Crippen molar-refractivity contribution in [2.45, 2.75) is 0 Å². The van der Waals surface area contributed by atoms with Crippen molar-refractivity contribution in [2.24, 2.45) is 0 Å². The van der Waals surface area contributed by atoms with Crippen LogP contribution in [-0.4, -0.2) is 37.2 Å². The van der Waals surface area contributed by atoms with Crippen LogP contribution in [0.4, 0.5) is 5.82 Å². The van der Waals surface area contributed by atoms with Crippen LogP contribution >= 0.6 is 11.3 Å². The molecule has 4 aromatic rings. The fourth-order valence-electron chi connectivity index (χ4n) is 2.42. The quantitative estimate of drug-likeness (QED) is 0.580. The molecule has 0 unspecified atom stereocenters. The van der Waals surface area contributed by atoms with Crippen molar-refractivity contribution in [3.8, 4) is 38.4 Å². The van der Waals surface area contributed by atoms with Crippen molar-refractivity contribution in [3.63, 3.8) is 0 Å². The Morgan fingerprint density at radius 2 is 2.12 bits per heavy atom. The van der Waals surface area contributed by atoms with Gasteiger partial charge in [-0.2, -0.15) is 0 Å². The fourth-order valence-corrected chi connectivity index (χ4v) is 3.44. The Bertz CT molecular complexity index is 1010. The van der Waals surface area contributed by atoms with Crippen molar-refractivity contribution < 1.29 is 4.74 Å². The lowest BCUT2D eigenvalue weighted by Crippen LogP contribution is -1.93. The van der Waals surface area contributed by atoms with Gasteiger partial charge in [0.25, 0.3) is 0 Å². The summed E-state index contributed by atoms with van der Waals surface area (Å²) in [6.45, 7) is 0. The number of hydrogen-bond donors (Lipinski definition) is 2. The summed E-state index contributed by atoms with van der Waals surface area (Å²) in [5.74, 6) is 1.57. The topological polar surface area (TPSA) is 115 Å². The lowest BCUT2D eigenvalue weighted by Gasteiger charge is -2.05. The van der Waals surface area contributed by atoms with E-state index in [0.717, 1.165) is 26.7 Å². The number of thiazole rings is 1. The van der Waals surface area contributed by atoms with Crippen LogP contribution in [0.2, 0.25) is 0 Å². The van der Waals surface area contributed by atoms with E-state index in [2.05, 4.69) is 25.1 Å². The Balaban J connectivity index is 1.93. The summed E-state index contributed by atoms with van der Waals surface area (Å²) in [6.07, 6.45) is 4.86. The van der Waals surface area contributed by atoms with Crippen LogP contribution in [0.25, 0.3) is 32.5 Å². The molecule has 0 atom stereocenters. The van der Waals surface area contributed by atoms with Gasteiger partial charge >= 0.3 is 0 Å². The van der Waals surface area contributed by atoms with Crippen LogP contribution in [0.15, 0.2) is 43.0 Å². The van der Waals surface area contributed by atoms with Crippen molar-refractivity contribution >= 4 is 17.2 Å². The van der Waals surface area contributed by atoms with Gasteiger partial charge in [0.05, 0.1) is 18.4 Å². The molecule has 0 radical (unpaired) electrons. The SMILES string of the molecule is COc1ncccc1-c1nc(-c2ccnc(N)c2)sc1-c1nnc[nH]1. The van der Waals surface area contributed by atoms with Gasteiger partial charge in [-0.05, 0) is 24.3 Å². The molecule has 0 amide bonds. The number of nitrogens with zero attached hydrogens (tertiary/aromatic N) is 5. The van der Waals surface area contributed by atoms with Gasteiger partial charge in [0.2, 0.25) is 5.88 Å². The highest BCUT2D eigenvalue weighted by molar-refractivity contribution is 7.18. The first kappa shape index (κ1) is 15.2. The van der Waals surface area contributed by atoms with Crippen LogP contribution < -0.4 is 10.5 Å². The number of aromatic amines is 1. The van der Waals surface area contributed by atoms with Gasteiger partial charge in [0.1, 0.15) is 22.0 Å². The number of aromatic nitrogens is 6. The maximum atomic E-state index is 5.80. The van der Waals surface area contributed by atoms with Crippen LogP contribution in [0, 0.1) is 0 Å². The number of hydrogen-bond acceptors (Lipinski definition) is 8. The predicted molar refractivity (Wildman–Crippen MR) is 94.9 cm³/mol. The monoisotopic (exact) mass is 351 g/mol. The summed E-state index contributed by atoms with van der Waals surface area (Å²) >= 11 is 1.48. The third-order valence-electron chi connectivity index (χ3n) is 3.51. The molecule has 0 aromatic carbocycles. The molecule has 0 aliphatic rings. The van der Waals surface area contributed by atoms with E-state index in [0.29, 0.717) is 17.5 Å². The second-order valence-corrected chi connectivity index (χ2v) is 6.06.